The van der Waals surface area contributed by atoms with Crippen LogP contribution in [-0.4, -0.2) is 6.18 Å². The lowest BCUT2D eigenvalue weighted by Crippen LogP contribution is -2.01. The maximum Gasteiger partial charge on any atom is 0.409 e. The van der Waals surface area contributed by atoms with Crippen molar-refractivity contribution >= 4 is 6.08 Å². The molecule has 0 unspecified atom stereocenters. The molecule has 0 saturated carbocycles. The molecule has 0 atom stereocenters. The van der Waals surface area contributed by atoms with Crippen LogP contribution < -0.4 is 0 Å². The van der Waals surface area contributed by atoms with Crippen LogP contribution in [0.4, 0.5) is 30.7 Å². The second kappa shape index (κ2) is 11.9. The highest BCUT2D eigenvalue weighted by Crippen LogP contribution is 2.32. The monoisotopic (exact) mass is 542 g/mol. The number of hydrogen-bond acceptors (Lipinski definition) is 0. The molecule has 0 saturated heterocycles. The Hall–Kier alpha value is -3.87. The number of hydrogen-bond donors (Lipinski definition) is 0. The van der Waals surface area contributed by atoms with Gasteiger partial charge in [0.1, 0.15) is 23.3 Å². The standard InChI is InChI=1S/C32H25F7/c1-2-3-20-4-6-21(7-5-20)8-9-22-10-12-25(28(33)16-22)23-11-13-26(29(34)17-23)24-18-30(35)27(31(36)19-24)14-15-32(37,38)39/h4-7,10-19H,2-3,8-9H2,1H3/b15-14+. The number of halogens is 7. The van der Waals surface area contributed by atoms with Gasteiger partial charge in [-0.25, -0.2) is 17.6 Å². The average Bonchev–Trinajstić information content (AvgIpc) is 2.87. The zero-order valence-corrected chi connectivity index (χ0v) is 21.1. The first-order valence-corrected chi connectivity index (χ1v) is 12.5. The third-order valence-corrected chi connectivity index (χ3v) is 6.41. The molecule has 202 valence electrons. The smallest absolute Gasteiger partial charge is 0.206 e. The molecule has 0 bridgehead atoms. The first-order chi connectivity index (χ1) is 18.5. The van der Waals surface area contributed by atoms with Crippen molar-refractivity contribution in [1.82, 2.24) is 0 Å². The van der Waals surface area contributed by atoms with Crippen molar-refractivity contribution in [2.45, 2.75) is 38.8 Å². The fourth-order valence-corrected chi connectivity index (χ4v) is 4.39. The predicted molar refractivity (Wildman–Crippen MR) is 140 cm³/mol. The molecule has 4 rings (SSSR count). The lowest BCUT2D eigenvalue weighted by molar-refractivity contribution is -0.0790. The van der Waals surface area contributed by atoms with E-state index in [4.69, 9.17) is 0 Å². The molecule has 7 heteroatoms. The largest absolute Gasteiger partial charge is 0.409 e. The molecule has 0 N–H and O–H groups in total. The maximum absolute atomic E-state index is 15.0. The van der Waals surface area contributed by atoms with Crippen molar-refractivity contribution in [3.63, 3.8) is 0 Å². The van der Waals surface area contributed by atoms with Gasteiger partial charge in [-0.1, -0.05) is 61.9 Å². The van der Waals surface area contributed by atoms with E-state index < -0.39 is 35.0 Å². The van der Waals surface area contributed by atoms with Gasteiger partial charge in [0.05, 0.1) is 0 Å². The van der Waals surface area contributed by atoms with Crippen LogP contribution in [0, 0.1) is 23.3 Å². The molecular weight excluding hydrogens is 517 g/mol. The second-order valence-electron chi connectivity index (χ2n) is 9.30. The van der Waals surface area contributed by atoms with Crippen molar-refractivity contribution in [3.8, 4) is 22.3 Å². The summed E-state index contributed by atoms with van der Waals surface area (Å²) in [6.07, 6.45) is -1.27. The lowest BCUT2D eigenvalue weighted by atomic mass is 9.96. The van der Waals surface area contributed by atoms with E-state index in [1.54, 1.807) is 12.1 Å². The minimum absolute atomic E-state index is 0.165. The molecule has 0 aliphatic rings. The van der Waals surface area contributed by atoms with Crippen molar-refractivity contribution in [2.75, 3.05) is 0 Å². The van der Waals surface area contributed by atoms with Crippen molar-refractivity contribution < 1.29 is 30.7 Å². The van der Waals surface area contributed by atoms with Crippen LogP contribution >= 0.6 is 0 Å². The summed E-state index contributed by atoms with van der Waals surface area (Å²) >= 11 is 0. The van der Waals surface area contributed by atoms with Crippen LogP contribution in [0.15, 0.2) is 78.9 Å². The van der Waals surface area contributed by atoms with Crippen LogP contribution in [0.2, 0.25) is 0 Å². The van der Waals surface area contributed by atoms with E-state index in [1.165, 1.54) is 23.8 Å². The Labute approximate surface area is 222 Å². The Kier molecular flexibility index (Phi) is 8.58. The Morgan fingerprint density at radius 2 is 1.05 bits per heavy atom. The van der Waals surface area contributed by atoms with Gasteiger partial charge in [-0.05, 0) is 77.4 Å². The minimum atomic E-state index is -4.74. The highest BCUT2D eigenvalue weighted by molar-refractivity contribution is 5.72. The Balaban J connectivity index is 1.51. The van der Waals surface area contributed by atoms with E-state index in [2.05, 4.69) is 31.2 Å². The summed E-state index contributed by atoms with van der Waals surface area (Å²) in [5.74, 6) is -3.93. The molecule has 0 aliphatic carbocycles. The van der Waals surface area contributed by atoms with Gasteiger partial charge in [0, 0.05) is 22.8 Å². The van der Waals surface area contributed by atoms with E-state index >= 15 is 0 Å². The van der Waals surface area contributed by atoms with Crippen LogP contribution in [0.25, 0.3) is 28.3 Å². The molecular formula is C32H25F7. The summed E-state index contributed by atoms with van der Waals surface area (Å²) in [7, 11) is 0. The molecule has 0 aromatic heterocycles. The number of rotatable bonds is 8. The van der Waals surface area contributed by atoms with Gasteiger partial charge >= 0.3 is 6.18 Å². The summed E-state index contributed by atoms with van der Waals surface area (Å²) in [5, 5.41) is 0. The van der Waals surface area contributed by atoms with E-state index in [0.717, 1.165) is 48.6 Å². The molecule has 0 fully saturated rings. The summed E-state index contributed by atoms with van der Waals surface area (Å²) in [5.41, 5.74) is 2.35. The Morgan fingerprint density at radius 3 is 1.62 bits per heavy atom. The zero-order valence-electron chi connectivity index (χ0n) is 21.1. The molecule has 0 amide bonds. The van der Waals surface area contributed by atoms with Gasteiger partial charge in [0.2, 0.25) is 0 Å². The van der Waals surface area contributed by atoms with Crippen LogP contribution in [0.3, 0.4) is 0 Å². The summed E-state index contributed by atoms with van der Waals surface area (Å²) in [6, 6.07) is 18.3. The zero-order chi connectivity index (χ0) is 28.2. The van der Waals surface area contributed by atoms with Crippen molar-refractivity contribution in [2.24, 2.45) is 0 Å². The molecule has 0 spiro atoms. The fraction of sp³-hybridized carbons (Fsp3) is 0.188. The van der Waals surface area contributed by atoms with E-state index in [1.807, 2.05) is 0 Å². The number of benzene rings is 4. The minimum Gasteiger partial charge on any atom is -0.206 e. The summed E-state index contributed by atoms with van der Waals surface area (Å²) in [4.78, 5) is 0. The van der Waals surface area contributed by atoms with E-state index in [-0.39, 0.29) is 34.4 Å². The molecule has 0 aliphatic heterocycles. The predicted octanol–water partition coefficient (Wildman–Crippen LogP) is 9.89. The third kappa shape index (κ3) is 7.16. The van der Waals surface area contributed by atoms with Crippen molar-refractivity contribution in [1.29, 1.82) is 0 Å². The van der Waals surface area contributed by atoms with E-state index in [0.29, 0.717) is 6.42 Å². The molecule has 39 heavy (non-hydrogen) atoms. The van der Waals surface area contributed by atoms with Crippen LogP contribution in [0.5, 0.6) is 0 Å². The van der Waals surface area contributed by atoms with E-state index in [9.17, 15) is 30.7 Å². The Bertz CT molecular complexity index is 1460. The third-order valence-electron chi connectivity index (χ3n) is 6.41. The number of allylic oxidation sites excluding steroid dienone is 1. The fourth-order valence-electron chi connectivity index (χ4n) is 4.39. The maximum atomic E-state index is 15.0. The molecule has 0 radical (unpaired) electrons. The molecule has 4 aromatic rings. The Morgan fingerprint density at radius 1 is 0.564 bits per heavy atom. The van der Waals surface area contributed by atoms with Gasteiger partial charge in [0.25, 0.3) is 0 Å². The highest BCUT2D eigenvalue weighted by Gasteiger charge is 2.23. The normalized spacial score (nSPS) is 11.9. The van der Waals surface area contributed by atoms with Gasteiger partial charge in [-0.2, -0.15) is 13.2 Å². The second-order valence-corrected chi connectivity index (χ2v) is 9.30. The van der Waals surface area contributed by atoms with Gasteiger partial charge in [-0.15, -0.1) is 0 Å². The van der Waals surface area contributed by atoms with Gasteiger partial charge in [0.15, 0.2) is 0 Å². The van der Waals surface area contributed by atoms with Gasteiger partial charge in [-0.3, -0.25) is 0 Å². The average molecular weight is 543 g/mol. The quantitative estimate of drug-likeness (QED) is 0.194. The first-order valence-electron chi connectivity index (χ1n) is 12.5. The summed E-state index contributed by atoms with van der Waals surface area (Å²) in [6.45, 7) is 2.13. The number of aryl methyl sites for hydroxylation is 3. The van der Waals surface area contributed by atoms with Crippen LogP contribution in [0.1, 0.15) is 35.6 Å². The topological polar surface area (TPSA) is 0 Å². The van der Waals surface area contributed by atoms with Crippen LogP contribution in [-0.2, 0) is 19.3 Å². The van der Waals surface area contributed by atoms with Gasteiger partial charge < -0.3 is 0 Å². The molecule has 0 heterocycles. The first kappa shape index (κ1) is 28.1. The van der Waals surface area contributed by atoms with Crippen molar-refractivity contribution in [3.05, 3.63) is 124 Å². The summed E-state index contributed by atoms with van der Waals surface area (Å²) < 4.78 is 95.7. The lowest BCUT2D eigenvalue weighted by Gasteiger charge is -2.11. The molecule has 0 nitrogen and oxygen atoms in total. The molecule has 4 aromatic carbocycles. The number of alkyl halides is 3. The SMILES string of the molecule is CCCc1ccc(CCc2ccc(-c3ccc(-c4cc(F)c(/C=C/C(F)(F)F)c(F)c4)c(F)c3)c(F)c2)cc1. The highest BCUT2D eigenvalue weighted by atomic mass is 19.4.